The zero-order valence-electron chi connectivity index (χ0n) is 14.2. The number of hydrogen-bond donors (Lipinski definition) is 0. The third-order valence-corrected chi connectivity index (χ3v) is 22.4. The van der Waals surface area contributed by atoms with Gasteiger partial charge in [-0.3, -0.25) is 0 Å². The summed E-state index contributed by atoms with van der Waals surface area (Å²) in [5.41, 5.74) is 6.23. The Kier molecular flexibility index (Phi) is 8.74. The van der Waals surface area contributed by atoms with E-state index in [0.29, 0.717) is 0 Å². The van der Waals surface area contributed by atoms with Crippen molar-refractivity contribution in [2.45, 2.75) is 54.1 Å². The maximum Gasteiger partial charge on any atom is -1.00 e. The predicted molar refractivity (Wildman–Crippen MR) is 84.2 cm³/mol. The van der Waals surface area contributed by atoms with E-state index in [1.807, 2.05) is 6.56 Å². The minimum absolute atomic E-state index is 0. The van der Waals surface area contributed by atoms with Crippen molar-refractivity contribution in [3.05, 3.63) is 41.0 Å². The van der Waals surface area contributed by atoms with Gasteiger partial charge in [-0.15, -0.1) is 0 Å². The third kappa shape index (κ3) is 4.34. The molecule has 0 spiro atoms. The summed E-state index contributed by atoms with van der Waals surface area (Å²) in [6, 6.07) is 0. The first-order chi connectivity index (χ1) is 8.82. The zero-order valence-corrected chi connectivity index (χ0v) is 19.2. The smallest absolute Gasteiger partial charge is 1.00 e. The van der Waals surface area contributed by atoms with Gasteiger partial charge < -0.3 is 24.8 Å². The molecule has 0 aliphatic heterocycles. The molecule has 2 aliphatic carbocycles. The second-order valence-electron chi connectivity index (χ2n) is 6.38. The van der Waals surface area contributed by atoms with Crippen LogP contribution in [0.5, 0.6) is 0 Å². The molecule has 1 unspecified atom stereocenters. The Bertz CT molecular complexity index is 588. The molecule has 4 heteroatoms. The summed E-state index contributed by atoms with van der Waals surface area (Å²) >= 11 is -1.58. The molecule has 21 heavy (non-hydrogen) atoms. The summed E-state index contributed by atoms with van der Waals surface area (Å²) in [6.07, 6.45) is 6.23. The number of rotatable bonds is 2. The van der Waals surface area contributed by atoms with E-state index in [0.717, 1.165) is 5.92 Å². The molecule has 2 rings (SSSR count). The van der Waals surface area contributed by atoms with Gasteiger partial charge in [0.15, 0.2) is 0 Å². The first-order valence-electron chi connectivity index (χ1n) is 7.27. The second-order valence-corrected chi connectivity index (χ2v) is 23.4. The van der Waals surface area contributed by atoms with Gasteiger partial charge in [-0.1, -0.05) is 0 Å². The van der Waals surface area contributed by atoms with Gasteiger partial charge in [0.2, 0.25) is 0 Å². The standard InChI is InChI=1S/C8H11.C7H9.C2H6Si.2ClH.Zr/c1-6-4-7(2)8(3)5-6;1-6-3-4-7(2)5-6;1-3-2;;;/h4,6H,1-3H3;5H,3H2,1-2H3;1-2H3;2*1H;/q;;;;;+2/p-2. The van der Waals surface area contributed by atoms with E-state index in [4.69, 9.17) is 0 Å². The van der Waals surface area contributed by atoms with Crippen LogP contribution in [-0.4, -0.2) is 5.43 Å². The van der Waals surface area contributed by atoms with Gasteiger partial charge in [0.25, 0.3) is 0 Å². The molecular weight excluding hydrogens is 394 g/mol. The van der Waals surface area contributed by atoms with Gasteiger partial charge >= 0.3 is 127 Å². The Hall–Kier alpha value is 0.640. The van der Waals surface area contributed by atoms with Crippen LogP contribution in [0, 0.1) is 5.92 Å². The second kappa shape index (κ2) is 8.48. The van der Waals surface area contributed by atoms with E-state index in [-0.39, 0.29) is 30.2 Å². The van der Waals surface area contributed by atoms with Crippen molar-refractivity contribution in [1.29, 1.82) is 0 Å². The van der Waals surface area contributed by atoms with Crippen LogP contribution in [0.1, 0.15) is 41.0 Å². The molecule has 0 fully saturated rings. The van der Waals surface area contributed by atoms with Gasteiger partial charge in [0.1, 0.15) is 0 Å². The van der Waals surface area contributed by atoms with Gasteiger partial charge in [0.05, 0.1) is 0 Å². The molecule has 0 nitrogen and oxygen atoms in total. The molecule has 0 saturated heterocycles. The quantitative estimate of drug-likeness (QED) is 0.522. The topological polar surface area (TPSA) is 0 Å². The SMILES string of the molecule is CC1=CC(C)=[C]([Zr+2]([C]2=C(C)C(C)=CC2C)=[Si](C)C)C1.[Cl-].[Cl-]. The normalized spacial score (nSPS) is 20.4. The molecule has 0 radical (unpaired) electrons. The van der Waals surface area contributed by atoms with Crippen LogP contribution in [-0.2, 0) is 20.4 Å². The molecule has 2 aliphatic rings. The molecule has 0 aromatic carbocycles. The van der Waals surface area contributed by atoms with Gasteiger partial charge in [0, 0.05) is 0 Å². The number of halogens is 2. The molecule has 0 N–H and O–H groups in total. The van der Waals surface area contributed by atoms with E-state index < -0.39 is 20.4 Å². The minimum Gasteiger partial charge on any atom is -1.00 e. The van der Waals surface area contributed by atoms with Crippen molar-refractivity contribution < 1.29 is 45.2 Å². The predicted octanol–water partition coefficient (Wildman–Crippen LogP) is -0.642. The largest absolute Gasteiger partial charge is 1.00 e. The van der Waals surface area contributed by atoms with Crippen molar-refractivity contribution >= 4 is 5.43 Å². The summed E-state index contributed by atoms with van der Waals surface area (Å²) in [5.74, 6) is 0.718. The van der Waals surface area contributed by atoms with Gasteiger partial charge in [-0.05, 0) is 0 Å². The van der Waals surface area contributed by atoms with Crippen LogP contribution < -0.4 is 24.8 Å². The summed E-state index contributed by atoms with van der Waals surface area (Å²) in [7, 11) is 0. The molecule has 0 aromatic rings. The van der Waals surface area contributed by atoms with Crippen LogP contribution in [0.25, 0.3) is 0 Å². The zero-order chi connectivity index (χ0) is 14.3. The van der Waals surface area contributed by atoms with Crippen molar-refractivity contribution in [1.82, 2.24) is 0 Å². The monoisotopic (exact) mass is 418 g/mol. The number of allylic oxidation sites excluding steroid dienone is 8. The van der Waals surface area contributed by atoms with Crippen LogP contribution in [0.3, 0.4) is 0 Å². The summed E-state index contributed by atoms with van der Waals surface area (Å²) in [6.45, 7) is 16.9. The van der Waals surface area contributed by atoms with Crippen molar-refractivity contribution in [3.8, 4) is 0 Å². The maximum absolute atomic E-state index is 2.56. The number of hydrogen-bond acceptors (Lipinski definition) is 0. The van der Waals surface area contributed by atoms with E-state index >= 15 is 0 Å². The Balaban J connectivity index is 0.00000200. The van der Waals surface area contributed by atoms with Gasteiger partial charge in [-0.25, -0.2) is 0 Å². The first-order valence-corrected chi connectivity index (χ1v) is 15.9. The fraction of sp³-hybridized carbons (Fsp3) is 0.529. The molecular formula is C17H26Cl2SiZr. The average molecular weight is 421 g/mol. The van der Waals surface area contributed by atoms with Crippen molar-refractivity contribution in [3.63, 3.8) is 0 Å². The first kappa shape index (κ1) is 21.6. The minimum atomic E-state index is -1.58. The fourth-order valence-electron chi connectivity index (χ4n) is 3.50. The van der Waals surface area contributed by atoms with Crippen LogP contribution in [0.4, 0.5) is 0 Å². The van der Waals surface area contributed by atoms with E-state index in [1.54, 1.807) is 22.3 Å². The Morgan fingerprint density at radius 1 is 1.10 bits per heavy atom. The van der Waals surface area contributed by atoms with E-state index in [1.165, 1.54) is 6.42 Å². The van der Waals surface area contributed by atoms with E-state index in [9.17, 15) is 0 Å². The molecule has 0 saturated carbocycles. The Morgan fingerprint density at radius 3 is 2.00 bits per heavy atom. The Labute approximate surface area is 150 Å². The molecule has 0 heterocycles. The van der Waals surface area contributed by atoms with Crippen LogP contribution >= 0.6 is 0 Å². The molecule has 0 amide bonds. The summed E-state index contributed by atoms with van der Waals surface area (Å²) in [4.78, 5) is 0. The summed E-state index contributed by atoms with van der Waals surface area (Å²) in [5, 5.41) is 0. The van der Waals surface area contributed by atoms with Crippen molar-refractivity contribution in [2.24, 2.45) is 5.92 Å². The fourth-order valence-corrected chi connectivity index (χ4v) is 23.0. The average Bonchev–Trinajstić information content (AvgIpc) is 2.73. The van der Waals surface area contributed by atoms with Gasteiger partial charge in [-0.2, -0.15) is 0 Å². The molecule has 0 aromatic heterocycles. The van der Waals surface area contributed by atoms with Crippen molar-refractivity contribution in [2.75, 3.05) is 0 Å². The molecule has 0 bridgehead atoms. The third-order valence-electron chi connectivity index (χ3n) is 4.42. The van der Waals surface area contributed by atoms with Crippen LogP contribution in [0.2, 0.25) is 13.1 Å². The molecule has 1 atom stereocenters. The summed E-state index contributed by atoms with van der Waals surface area (Å²) < 4.78 is 3.82. The molecule has 116 valence electrons. The Morgan fingerprint density at radius 2 is 1.67 bits per heavy atom. The van der Waals surface area contributed by atoms with Crippen LogP contribution in [0.15, 0.2) is 41.0 Å². The van der Waals surface area contributed by atoms with E-state index in [2.05, 4.69) is 59.9 Å². The maximum atomic E-state index is 2.56.